The van der Waals surface area contributed by atoms with Gasteiger partial charge in [-0.05, 0) is 68.6 Å². The van der Waals surface area contributed by atoms with E-state index in [9.17, 15) is 87.2 Å². The lowest BCUT2D eigenvalue weighted by Gasteiger charge is -2.31. The molecule has 16 amide bonds. The number of benzene rings is 2. The molecule has 4 heterocycles. The number of carbonyl (C=O) groups is 16. The Morgan fingerprint density at radius 3 is 1.78 bits per heavy atom. The molecule has 133 heavy (non-hydrogen) atoms. The van der Waals surface area contributed by atoms with Crippen LogP contribution in [0.2, 0.25) is 0 Å². The topological polar surface area (TPSA) is 666 Å². The molecule has 0 radical (unpaired) electrons. The third kappa shape index (κ3) is 41.7. The Balaban J connectivity index is 1.10. The zero-order chi connectivity index (χ0) is 96.8. The van der Waals surface area contributed by atoms with E-state index in [-0.39, 0.29) is 109 Å². The Hall–Kier alpha value is -12.1. The highest BCUT2D eigenvalue weighted by atomic mass is 16.5. The number of hydrogen-bond donors (Lipinski definition) is 24. The first kappa shape index (κ1) is 110. The van der Waals surface area contributed by atoms with Gasteiger partial charge in [0.05, 0.1) is 52.4 Å². The number of rotatable bonds is 56. The van der Waals surface area contributed by atoms with Crippen molar-refractivity contribution in [3.8, 4) is 0 Å². The molecule has 6 rings (SSSR count). The number of nitrogens with two attached hydrogens (primary N) is 3. The van der Waals surface area contributed by atoms with Gasteiger partial charge in [-0.25, -0.2) is 0 Å². The summed E-state index contributed by atoms with van der Waals surface area (Å²) in [7, 11) is 0. The van der Waals surface area contributed by atoms with Gasteiger partial charge in [-0.15, -0.1) is 0 Å². The minimum Gasteiger partial charge on any atom is -0.394 e. The van der Waals surface area contributed by atoms with Crippen molar-refractivity contribution in [2.75, 3.05) is 79.0 Å². The van der Waals surface area contributed by atoms with E-state index in [0.29, 0.717) is 47.1 Å². The molecule has 738 valence electrons. The molecule has 3 aliphatic heterocycles. The Morgan fingerprint density at radius 1 is 0.556 bits per heavy atom. The second-order valence-corrected chi connectivity index (χ2v) is 33.7. The maximum Gasteiger partial charge on any atom is 0.246 e. The molecule has 0 bridgehead atoms. The van der Waals surface area contributed by atoms with E-state index in [1.165, 1.54) is 83.2 Å². The van der Waals surface area contributed by atoms with Gasteiger partial charge < -0.3 is 137 Å². The van der Waals surface area contributed by atoms with Crippen LogP contribution >= 0.6 is 0 Å². The van der Waals surface area contributed by atoms with Crippen LogP contribution in [0, 0.1) is 5.41 Å². The lowest BCUT2D eigenvalue weighted by atomic mass is 10.0. The van der Waals surface area contributed by atoms with Gasteiger partial charge in [0.2, 0.25) is 94.5 Å². The van der Waals surface area contributed by atoms with Crippen molar-refractivity contribution in [3.63, 3.8) is 0 Å². The minimum atomic E-state index is -1.91. The molecular formula is C90H142N22O21. The number of aromatic amines is 1. The highest BCUT2D eigenvalue weighted by molar-refractivity contribution is 6.01. The van der Waals surface area contributed by atoms with E-state index in [1.54, 1.807) is 67.7 Å². The van der Waals surface area contributed by atoms with Crippen LogP contribution in [-0.4, -0.2) is 277 Å². The number of primary amides is 2. The molecule has 1 aromatic heterocycles. The third-order valence-electron chi connectivity index (χ3n) is 22.9. The smallest absolute Gasteiger partial charge is 0.246 e. The monoisotopic (exact) mass is 1870 g/mol. The number of fused-ring (bicyclic) bond motifs is 2. The number of aliphatic hydroxyl groups is 3. The largest absolute Gasteiger partial charge is 0.394 e. The summed E-state index contributed by atoms with van der Waals surface area (Å²) < 4.78 is 10.8. The molecule has 2 aromatic carbocycles. The molecule has 43 heteroatoms. The predicted octanol–water partition coefficient (Wildman–Crippen LogP) is -2.45. The van der Waals surface area contributed by atoms with Crippen molar-refractivity contribution < 1.29 is 102 Å². The second-order valence-electron chi connectivity index (χ2n) is 33.7. The first-order valence-corrected chi connectivity index (χ1v) is 46.6. The predicted molar refractivity (Wildman–Crippen MR) is 491 cm³/mol. The van der Waals surface area contributed by atoms with Crippen LogP contribution in [0.15, 0.2) is 72.7 Å². The quantitative estimate of drug-likeness (QED) is 0.0158. The standard InChI is InChI=1S/C90H142N22O21/c1-3-5-7-8-9-10-11-12-13-14-15-16-17-18-22-34-75(117)97-41-42-132-43-44-133-55-78(120)100-51-77(119)102-71(53-113)86(128)106-66(35-37-74(91)116)82(124)109-70(47-59-50-95-56-101-59)85(127)111-72(54-114)87(129)105-64(30-6-4-2)80(122)107-67-36-38-76(118)96-39-25-32-63(79(92)121)103-84(126)69(46-58-49-99-62-31-24-23-29-61(58)62)108-81(123)65(33-26-40-98-90(93)94)104-83(125)68(45-57-27-20-19-21-28-57)110-88(130)73-48-60(115)52-112(73)89(67)131/h19-21,23-24,27-29,31,49-50,60,63-73,95,99,101,113-115H,3-18,22,25-26,30,32-48,51-56H2,1-2H3,(H2,91,116)(H2,92,121)(H,96,118)(H,97,117)(H,100,120)(H,102,119)(H,103,126)(H,104,125)(H,105,129)(H,106,128)(H,107,122)(H,108,123)(H,109,124)(H,110,130)(H,111,127)(H4,93,94,98)/t60-,63+,64+,65?,66?,67+,68?,69+,70+,71?,72?,73?/m1/s1. The average Bonchev–Trinajstić information content (AvgIpc) is 1.71. The Morgan fingerprint density at radius 2 is 1.14 bits per heavy atom. The number of H-pyrrole nitrogens is 1. The lowest BCUT2D eigenvalue weighted by molar-refractivity contribution is -0.143. The first-order chi connectivity index (χ1) is 64.0. The van der Waals surface area contributed by atoms with Gasteiger partial charge >= 0.3 is 0 Å². The summed E-state index contributed by atoms with van der Waals surface area (Å²) in [5.74, 6) is -15.0. The fraction of sp³-hybridized carbons (Fsp3) is 0.633. The SMILES string of the molecule is CCCCCCCCCCCCCCCCCC(=O)NCCOCCOCC(=O)NCC(=O)NC(CO)C(=O)NC(CCC(N)=O)C(=O)N[C@@H](CC1=CNCN1)C(=O)NC(CO)C(=O)N[C@@H](CCCC)C(=O)N[C@H]1CCC(=O)NCCC[C@@H](C(N)=O)NC(=O)[C@H](Cc2c[nH]c3ccccc23)NC(=O)C(CCCNC(=N)N)NC(=O)C(Cc2ccccc2)NC(=O)C2C[C@@H](O)CN2C1=O. The third-order valence-corrected chi connectivity index (χ3v) is 22.9. The van der Waals surface area contributed by atoms with Gasteiger partial charge in [-0.2, -0.15) is 0 Å². The Bertz CT molecular complexity index is 4290. The summed E-state index contributed by atoms with van der Waals surface area (Å²) in [6.45, 7) is 0.750. The number of para-hydroxylation sites is 1. The van der Waals surface area contributed by atoms with Crippen molar-refractivity contribution >= 4 is 111 Å². The van der Waals surface area contributed by atoms with Gasteiger partial charge in [-0.3, -0.25) is 82.1 Å². The second kappa shape index (κ2) is 61.6. The highest BCUT2D eigenvalue weighted by Gasteiger charge is 2.44. The number of unbranched alkanes of at least 4 members (excludes halogenated alkanes) is 15. The van der Waals surface area contributed by atoms with E-state index in [1.807, 2.05) is 0 Å². The zero-order valence-electron chi connectivity index (χ0n) is 76.6. The normalized spacial score (nSPS) is 19.3. The Labute approximate surface area is 775 Å². The number of hydrogen-bond acceptors (Lipinski definition) is 24. The molecular weight excluding hydrogens is 1730 g/mol. The van der Waals surface area contributed by atoms with E-state index in [4.69, 9.17) is 32.1 Å². The number of guanidine groups is 1. The molecule has 3 aromatic rings. The molecule has 0 saturated carbocycles. The summed E-state index contributed by atoms with van der Waals surface area (Å²) in [5, 5.41) is 82.6. The molecule has 0 spiro atoms. The lowest BCUT2D eigenvalue weighted by Crippen LogP contribution is -2.61. The number of amides is 16. The summed E-state index contributed by atoms with van der Waals surface area (Å²) >= 11 is 0. The number of aliphatic hydroxyl groups excluding tert-OH is 3. The van der Waals surface area contributed by atoms with Crippen LogP contribution in [0.1, 0.15) is 211 Å². The van der Waals surface area contributed by atoms with Crippen molar-refractivity contribution in [1.82, 2.24) is 95.0 Å². The molecule has 43 nitrogen and oxygen atoms in total. The summed E-state index contributed by atoms with van der Waals surface area (Å²) in [4.78, 5) is 228. The van der Waals surface area contributed by atoms with E-state index >= 15 is 4.79 Å². The molecule has 2 saturated heterocycles. The van der Waals surface area contributed by atoms with Crippen LogP contribution in [0.25, 0.3) is 10.9 Å². The summed E-state index contributed by atoms with van der Waals surface area (Å²) in [6, 6.07) is -2.26. The van der Waals surface area contributed by atoms with Gasteiger partial charge in [0.25, 0.3) is 0 Å². The van der Waals surface area contributed by atoms with Crippen LogP contribution in [0.3, 0.4) is 0 Å². The number of nitrogens with one attached hydrogen (secondary N) is 18. The summed E-state index contributed by atoms with van der Waals surface area (Å²) in [6.07, 6.45) is 17.7. The maximum absolute atomic E-state index is 15.3. The molecule has 3 aliphatic rings. The van der Waals surface area contributed by atoms with Crippen molar-refractivity contribution in [2.45, 2.75) is 285 Å². The van der Waals surface area contributed by atoms with E-state index in [0.717, 1.165) is 24.2 Å². The fourth-order valence-electron chi connectivity index (χ4n) is 15.4. The van der Waals surface area contributed by atoms with Crippen LogP contribution in [0.4, 0.5) is 0 Å². The van der Waals surface area contributed by atoms with E-state index in [2.05, 4.69) is 97.0 Å². The first-order valence-electron chi connectivity index (χ1n) is 46.6. The molecule has 2 fully saturated rings. The fourth-order valence-corrected chi connectivity index (χ4v) is 15.4. The average molecular weight is 1870 g/mol. The molecule has 27 N–H and O–H groups in total. The van der Waals surface area contributed by atoms with Gasteiger partial charge in [-0.1, -0.05) is 165 Å². The van der Waals surface area contributed by atoms with Crippen molar-refractivity contribution in [2.24, 2.45) is 17.2 Å². The van der Waals surface area contributed by atoms with Gasteiger partial charge in [0.15, 0.2) is 5.96 Å². The minimum absolute atomic E-state index is 0.00590. The molecule has 6 unspecified atom stereocenters. The van der Waals surface area contributed by atoms with Gasteiger partial charge in [0, 0.05) is 100 Å². The van der Waals surface area contributed by atoms with E-state index < -0.39 is 226 Å². The Kier molecular flexibility index (Phi) is 50.8. The summed E-state index contributed by atoms with van der Waals surface area (Å²) in [5.41, 5.74) is 19.0. The van der Waals surface area contributed by atoms with Crippen LogP contribution < -0.4 is 102 Å². The van der Waals surface area contributed by atoms with Crippen molar-refractivity contribution in [3.05, 3.63) is 83.8 Å². The van der Waals surface area contributed by atoms with Crippen LogP contribution in [0.5, 0.6) is 0 Å². The van der Waals surface area contributed by atoms with Crippen LogP contribution in [-0.2, 0) is 99.0 Å². The molecule has 12 atom stereocenters. The van der Waals surface area contributed by atoms with Gasteiger partial charge in [0.1, 0.15) is 73.1 Å². The highest BCUT2D eigenvalue weighted by Crippen LogP contribution is 2.24. The number of carbonyl (C=O) groups excluding carboxylic acids is 16. The number of nitrogens with zero attached hydrogens (tertiary/aromatic N) is 1. The van der Waals surface area contributed by atoms with Crippen molar-refractivity contribution in [1.29, 1.82) is 5.41 Å². The number of ether oxygens (including phenoxy) is 2. The molecule has 0 aliphatic carbocycles. The zero-order valence-corrected chi connectivity index (χ0v) is 76.6. The number of aromatic nitrogens is 1. The maximum atomic E-state index is 15.3.